The van der Waals surface area contributed by atoms with E-state index in [9.17, 15) is 19.8 Å². The molecule has 0 saturated carbocycles. The number of esters is 1. The van der Waals surface area contributed by atoms with Gasteiger partial charge in [-0.2, -0.15) is 0 Å². The summed E-state index contributed by atoms with van der Waals surface area (Å²) in [5.74, 6) is -0.0614. The molecule has 0 spiro atoms. The van der Waals surface area contributed by atoms with Crippen LogP contribution in [0.4, 0.5) is 0 Å². The maximum Gasteiger partial charge on any atom is 0.305 e. The minimum atomic E-state index is -0.848. The summed E-state index contributed by atoms with van der Waals surface area (Å²) in [7, 11) is 0. The van der Waals surface area contributed by atoms with Crippen LogP contribution in [0.5, 0.6) is 0 Å². The van der Waals surface area contributed by atoms with Crippen molar-refractivity contribution in [3.63, 3.8) is 0 Å². The summed E-state index contributed by atoms with van der Waals surface area (Å²) < 4.78 is 5.49. The molecule has 2 atom stereocenters. The zero-order valence-electron chi connectivity index (χ0n) is 45.9. The molecule has 0 heterocycles. The van der Waals surface area contributed by atoms with Crippen LogP contribution in [0.25, 0.3) is 0 Å². The Bertz CT molecular complexity index is 1060. The molecule has 0 aromatic heterocycles. The first kappa shape index (κ1) is 66.3. The van der Waals surface area contributed by atoms with E-state index in [1.165, 1.54) is 263 Å². The molecule has 6 nitrogen and oxygen atoms in total. The van der Waals surface area contributed by atoms with Crippen LogP contribution in [0.2, 0.25) is 0 Å². The standard InChI is InChI=1S/C62H119NO5/c1-3-5-7-9-11-13-15-17-27-32-36-40-44-48-52-56-62(67)68-57-53-49-45-41-37-33-29-26-24-22-20-19-21-23-25-28-31-35-39-43-47-51-55-61(66)63-59(58-64)60(65)54-50-46-42-38-34-30-18-16-14-12-10-8-6-4-2/h21,23,50,54,59-60,64-65H,3-20,22,24-49,51-53,55-58H2,1-2H3,(H,63,66)/b23-21-,54-50+. The minimum absolute atomic E-state index is 0.0125. The summed E-state index contributed by atoms with van der Waals surface area (Å²) in [5, 5.41) is 23.1. The van der Waals surface area contributed by atoms with Gasteiger partial charge in [0.15, 0.2) is 0 Å². The largest absolute Gasteiger partial charge is 0.466 e. The van der Waals surface area contributed by atoms with Gasteiger partial charge in [-0.05, 0) is 57.8 Å². The lowest BCUT2D eigenvalue weighted by atomic mass is 10.0. The summed E-state index contributed by atoms with van der Waals surface area (Å²) >= 11 is 0. The summed E-state index contributed by atoms with van der Waals surface area (Å²) in [5.41, 5.74) is 0. The lowest BCUT2D eigenvalue weighted by molar-refractivity contribution is -0.143. The van der Waals surface area contributed by atoms with Crippen LogP contribution in [-0.2, 0) is 14.3 Å². The molecule has 0 saturated heterocycles. The molecule has 0 bridgehead atoms. The molecule has 0 radical (unpaired) electrons. The van der Waals surface area contributed by atoms with Crippen molar-refractivity contribution in [1.29, 1.82) is 0 Å². The van der Waals surface area contributed by atoms with Crippen molar-refractivity contribution < 1.29 is 24.5 Å². The predicted molar refractivity (Wildman–Crippen MR) is 296 cm³/mol. The van der Waals surface area contributed by atoms with E-state index in [0.717, 1.165) is 44.9 Å². The van der Waals surface area contributed by atoms with Gasteiger partial charge in [0, 0.05) is 12.8 Å². The smallest absolute Gasteiger partial charge is 0.305 e. The first-order valence-electron chi connectivity index (χ1n) is 30.6. The molecule has 0 aliphatic carbocycles. The van der Waals surface area contributed by atoms with E-state index in [0.29, 0.717) is 19.4 Å². The van der Waals surface area contributed by atoms with Gasteiger partial charge in [-0.25, -0.2) is 0 Å². The fourth-order valence-electron chi connectivity index (χ4n) is 9.51. The van der Waals surface area contributed by atoms with E-state index in [4.69, 9.17) is 4.74 Å². The number of hydrogen-bond acceptors (Lipinski definition) is 5. The number of rotatable bonds is 57. The van der Waals surface area contributed by atoms with E-state index < -0.39 is 12.1 Å². The van der Waals surface area contributed by atoms with Crippen LogP contribution in [0, 0.1) is 0 Å². The third kappa shape index (κ3) is 53.7. The molecule has 2 unspecified atom stereocenters. The highest BCUT2D eigenvalue weighted by Gasteiger charge is 2.18. The molecule has 3 N–H and O–H groups in total. The number of aliphatic hydroxyl groups is 2. The van der Waals surface area contributed by atoms with E-state index >= 15 is 0 Å². The predicted octanol–water partition coefficient (Wildman–Crippen LogP) is 19.0. The van der Waals surface area contributed by atoms with Gasteiger partial charge in [-0.1, -0.05) is 289 Å². The van der Waals surface area contributed by atoms with Crippen molar-refractivity contribution in [2.45, 2.75) is 347 Å². The molecular weight excluding hydrogens is 839 g/mol. The van der Waals surface area contributed by atoms with E-state index in [1.54, 1.807) is 6.08 Å². The van der Waals surface area contributed by atoms with E-state index in [-0.39, 0.29) is 18.5 Å². The van der Waals surface area contributed by atoms with Crippen molar-refractivity contribution in [1.82, 2.24) is 5.32 Å². The number of carbonyl (C=O) groups is 2. The lowest BCUT2D eigenvalue weighted by Crippen LogP contribution is -2.45. The van der Waals surface area contributed by atoms with Crippen molar-refractivity contribution in [2.24, 2.45) is 0 Å². The van der Waals surface area contributed by atoms with Gasteiger partial charge in [0.05, 0.1) is 25.4 Å². The molecular formula is C62H119NO5. The van der Waals surface area contributed by atoms with Crippen LogP contribution in [0.15, 0.2) is 24.3 Å². The van der Waals surface area contributed by atoms with Gasteiger partial charge < -0.3 is 20.3 Å². The topological polar surface area (TPSA) is 95.9 Å². The Morgan fingerprint density at radius 1 is 0.397 bits per heavy atom. The highest BCUT2D eigenvalue weighted by molar-refractivity contribution is 5.76. The van der Waals surface area contributed by atoms with Gasteiger partial charge in [0.25, 0.3) is 0 Å². The molecule has 0 aliphatic heterocycles. The van der Waals surface area contributed by atoms with Crippen LogP contribution in [0.3, 0.4) is 0 Å². The molecule has 0 aromatic carbocycles. The number of carbonyl (C=O) groups excluding carboxylic acids is 2. The molecule has 1 amide bonds. The first-order valence-corrected chi connectivity index (χ1v) is 30.6. The zero-order chi connectivity index (χ0) is 49.3. The molecule has 68 heavy (non-hydrogen) atoms. The molecule has 0 rings (SSSR count). The van der Waals surface area contributed by atoms with Crippen LogP contribution in [0.1, 0.15) is 335 Å². The summed E-state index contributed by atoms with van der Waals surface area (Å²) in [6.07, 6.45) is 70.7. The lowest BCUT2D eigenvalue weighted by Gasteiger charge is -2.20. The summed E-state index contributed by atoms with van der Waals surface area (Å²) in [6, 6.07) is -0.632. The van der Waals surface area contributed by atoms with Crippen molar-refractivity contribution in [3.8, 4) is 0 Å². The molecule has 0 aromatic rings. The zero-order valence-corrected chi connectivity index (χ0v) is 45.9. The third-order valence-corrected chi connectivity index (χ3v) is 14.2. The number of hydrogen-bond donors (Lipinski definition) is 3. The van der Waals surface area contributed by atoms with Crippen LogP contribution in [-0.4, -0.2) is 47.4 Å². The first-order chi connectivity index (χ1) is 33.5. The number of ether oxygens (including phenoxy) is 1. The van der Waals surface area contributed by atoms with Crippen LogP contribution < -0.4 is 5.32 Å². The van der Waals surface area contributed by atoms with Crippen molar-refractivity contribution >= 4 is 11.9 Å². The van der Waals surface area contributed by atoms with Crippen molar-refractivity contribution in [2.75, 3.05) is 13.2 Å². The number of allylic oxidation sites excluding steroid dienone is 3. The molecule has 0 aliphatic rings. The maximum absolute atomic E-state index is 12.4. The minimum Gasteiger partial charge on any atom is -0.466 e. The van der Waals surface area contributed by atoms with Gasteiger partial charge >= 0.3 is 5.97 Å². The number of amides is 1. The monoisotopic (exact) mass is 958 g/mol. The Balaban J connectivity index is 3.42. The van der Waals surface area contributed by atoms with Gasteiger partial charge in [-0.15, -0.1) is 0 Å². The fraction of sp³-hybridized carbons (Fsp3) is 0.903. The van der Waals surface area contributed by atoms with E-state index in [2.05, 4.69) is 31.3 Å². The molecule has 402 valence electrons. The second-order valence-electron chi connectivity index (χ2n) is 21.0. The van der Waals surface area contributed by atoms with Gasteiger partial charge in [-0.3, -0.25) is 9.59 Å². The normalized spacial score (nSPS) is 12.7. The number of aliphatic hydroxyl groups excluding tert-OH is 2. The SMILES string of the molecule is CCCCCCCCCCCCCC/C=C/C(O)C(CO)NC(=O)CCCCCCCCC/C=C\CCCCCCCCCCCCCOC(=O)CCCCCCCCCCCCCCCCC. The Labute approximate surface area is 424 Å². The van der Waals surface area contributed by atoms with Crippen LogP contribution >= 0.6 is 0 Å². The highest BCUT2D eigenvalue weighted by Crippen LogP contribution is 2.17. The Morgan fingerprint density at radius 2 is 0.691 bits per heavy atom. The average Bonchev–Trinajstić information content (AvgIpc) is 3.34. The second kappa shape index (κ2) is 57.9. The molecule has 0 fully saturated rings. The molecule has 6 heteroatoms. The Kier molecular flexibility index (Phi) is 56.5. The maximum atomic E-state index is 12.4. The highest BCUT2D eigenvalue weighted by atomic mass is 16.5. The Morgan fingerprint density at radius 3 is 1.04 bits per heavy atom. The van der Waals surface area contributed by atoms with Gasteiger partial charge in [0.1, 0.15) is 0 Å². The Hall–Kier alpha value is -1.66. The number of nitrogens with one attached hydrogen (secondary N) is 1. The van der Waals surface area contributed by atoms with E-state index in [1.807, 2.05) is 6.08 Å². The number of unbranched alkanes of at least 4 members (excludes halogenated alkanes) is 44. The fourth-order valence-corrected chi connectivity index (χ4v) is 9.51. The van der Waals surface area contributed by atoms with Gasteiger partial charge in [0.2, 0.25) is 5.91 Å². The third-order valence-electron chi connectivity index (χ3n) is 14.2. The average molecular weight is 959 g/mol. The second-order valence-corrected chi connectivity index (χ2v) is 21.0. The van der Waals surface area contributed by atoms with Crippen molar-refractivity contribution in [3.05, 3.63) is 24.3 Å². The quantitative estimate of drug-likeness (QED) is 0.0321. The summed E-state index contributed by atoms with van der Waals surface area (Å²) in [6.45, 7) is 4.92. The summed E-state index contributed by atoms with van der Waals surface area (Å²) in [4.78, 5) is 24.5.